The summed E-state index contributed by atoms with van der Waals surface area (Å²) in [6, 6.07) is 0. The van der Waals surface area contributed by atoms with Gasteiger partial charge in [0, 0.05) is 11.5 Å². The van der Waals surface area contributed by atoms with E-state index in [0.29, 0.717) is 5.92 Å². The summed E-state index contributed by atoms with van der Waals surface area (Å²) < 4.78 is 2.29. The first-order valence-electron chi connectivity index (χ1n) is 5.26. The highest BCUT2D eigenvalue weighted by Crippen LogP contribution is 2.25. The number of nitrogens with zero attached hydrogens (tertiary/aromatic N) is 2. The summed E-state index contributed by atoms with van der Waals surface area (Å²) in [5.41, 5.74) is 7.22. The summed E-state index contributed by atoms with van der Waals surface area (Å²) >= 11 is 1.72. The Hall–Kier alpha value is -0.960. The van der Waals surface area contributed by atoms with Gasteiger partial charge in [0.05, 0.1) is 5.51 Å². The summed E-state index contributed by atoms with van der Waals surface area (Å²) in [5.74, 6) is 0.556. The van der Waals surface area contributed by atoms with Crippen LogP contribution in [0.4, 0.5) is 0 Å². The fourth-order valence-corrected chi connectivity index (χ4v) is 3.12. The van der Waals surface area contributed by atoms with Gasteiger partial charge in [-0.25, -0.2) is 4.98 Å². The standard InChI is InChI=1S/C12H17N2S/c1-7(2)11-9(4)8(3)10-12(14(11)5)15-6-13-10/h6-7H,1-5H3/q+1. The molecule has 0 spiro atoms. The van der Waals surface area contributed by atoms with Crippen molar-refractivity contribution in [3.8, 4) is 0 Å². The zero-order chi connectivity index (χ0) is 11.2. The molecule has 0 aliphatic carbocycles. The van der Waals surface area contributed by atoms with E-state index in [1.165, 1.54) is 21.7 Å². The Morgan fingerprint density at radius 1 is 1.27 bits per heavy atom. The molecule has 0 aliphatic rings. The molecule has 0 saturated heterocycles. The van der Waals surface area contributed by atoms with Crippen LogP contribution in [-0.4, -0.2) is 4.98 Å². The van der Waals surface area contributed by atoms with Gasteiger partial charge in [-0.1, -0.05) is 25.2 Å². The number of aryl methyl sites for hydroxylation is 2. The van der Waals surface area contributed by atoms with Crippen molar-refractivity contribution in [1.29, 1.82) is 0 Å². The predicted octanol–water partition coefficient (Wildman–Crippen LogP) is 2.86. The number of rotatable bonds is 1. The molecule has 15 heavy (non-hydrogen) atoms. The van der Waals surface area contributed by atoms with Crippen LogP contribution >= 0.6 is 11.3 Å². The molecule has 0 amide bonds. The second-order valence-electron chi connectivity index (χ2n) is 4.36. The number of fused-ring (bicyclic) bond motifs is 1. The van der Waals surface area contributed by atoms with Crippen LogP contribution < -0.4 is 4.57 Å². The normalized spacial score (nSPS) is 11.6. The van der Waals surface area contributed by atoms with Crippen LogP contribution in [0.5, 0.6) is 0 Å². The third kappa shape index (κ3) is 1.46. The van der Waals surface area contributed by atoms with Gasteiger partial charge >= 0.3 is 0 Å². The average molecular weight is 221 g/mol. The maximum atomic E-state index is 4.44. The zero-order valence-corrected chi connectivity index (χ0v) is 10.8. The van der Waals surface area contributed by atoms with Crippen LogP contribution in [0.15, 0.2) is 5.51 Å². The molecule has 3 heteroatoms. The summed E-state index contributed by atoms with van der Waals surface area (Å²) in [5, 5.41) is 0. The lowest BCUT2D eigenvalue weighted by atomic mass is 10.00. The van der Waals surface area contributed by atoms with E-state index in [1.807, 2.05) is 5.51 Å². The fourth-order valence-electron chi connectivity index (χ4n) is 2.29. The van der Waals surface area contributed by atoms with Crippen molar-refractivity contribution in [2.24, 2.45) is 7.05 Å². The molecule has 0 aromatic carbocycles. The molecule has 2 aromatic rings. The molecular formula is C12H17N2S+. The molecule has 0 unspecified atom stereocenters. The molecular weight excluding hydrogens is 204 g/mol. The van der Waals surface area contributed by atoms with Crippen molar-refractivity contribution in [1.82, 2.24) is 4.98 Å². The highest BCUT2D eigenvalue weighted by atomic mass is 32.1. The summed E-state index contributed by atoms with van der Waals surface area (Å²) in [4.78, 5) is 5.72. The first-order chi connectivity index (χ1) is 7.04. The van der Waals surface area contributed by atoms with E-state index in [0.717, 1.165) is 5.52 Å². The van der Waals surface area contributed by atoms with Gasteiger partial charge in [0.25, 0.3) is 4.83 Å². The average Bonchev–Trinajstić information content (AvgIpc) is 2.62. The second-order valence-corrected chi connectivity index (χ2v) is 5.19. The summed E-state index contributed by atoms with van der Waals surface area (Å²) in [6.07, 6.45) is 0. The molecule has 0 atom stereocenters. The van der Waals surface area contributed by atoms with Crippen LogP contribution in [-0.2, 0) is 7.05 Å². The molecule has 0 N–H and O–H groups in total. The summed E-state index contributed by atoms with van der Waals surface area (Å²) in [6.45, 7) is 8.86. The van der Waals surface area contributed by atoms with Crippen molar-refractivity contribution >= 4 is 21.7 Å². The number of aromatic nitrogens is 2. The maximum Gasteiger partial charge on any atom is 0.289 e. The minimum absolute atomic E-state index is 0.556. The van der Waals surface area contributed by atoms with Crippen LogP contribution in [0, 0.1) is 13.8 Å². The number of hydrogen-bond donors (Lipinski definition) is 0. The van der Waals surface area contributed by atoms with Gasteiger partial charge in [-0.15, -0.1) is 0 Å². The van der Waals surface area contributed by atoms with E-state index in [2.05, 4.69) is 44.3 Å². The summed E-state index contributed by atoms with van der Waals surface area (Å²) in [7, 11) is 2.14. The van der Waals surface area contributed by atoms with E-state index in [9.17, 15) is 0 Å². The van der Waals surface area contributed by atoms with Crippen LogP contribution in [0.1, 0.15) is 36.6 Å². The van der Waals surface area contributed by atoms with Gasteiger partial charge in [0.2, 0.25) is 0 Å². The Bertz CT molecular complexity index is 512. The van der Waals surface area contributed by atoms with Crippen molar-refractivity contribution in [3.63, 3.8) is 0 Å². The Balaban J connectivity index is 2.92. The minimum Gasteiger partial charge on any atom is -0.238 e. The molecule has 80 valence electrons. The molecule has 2 heterocycles. The van der Waals surface area contributed by atoms with Gasteiger partial charge in [0.1, 0.15) is 7.05 Å². The largest absolute Gasteiger partial charge is 0.289 e. The van der Waals surface area contributed by atoms with Crippen LogP contribution in [0.25, 0.3) is 10.3 Å². The van der Waals surface area contributed by atoms with E-state index >= 15 is 0 Å². The molecule has 2 aromatic heterocycles. The van der Waals surface area contributed by atoms with Crippen LogP contribution in [0.2, 0.25) is 0 Å². The first-order valence-corrected chi connectivity index (χ1v) is 6.14. The third-order valence-electron chi connectivity index (χ3n) is 3.06. The smallest absolute Gasteiger partial charge is 0.238 e. The monoisotopic (exact) mass is 221 g/mol. The lowest BCUT2D eigenvalue weighted by Gasteiger charge is -2.10. The lowest BCUT2D eigenvalue weighted by Crippen LogP contribution is -2.36. The maximum absolute atomic E-state index is 4.44. The second kappa shape index (κ2) is 3.56. The highest BCUT2D eigenvalue weighted by molar-refractivity contribution is 7.15. The molecule has 0 saturated carbocycles. The fraction of sp³-hybridized carbons (Fsp3) is 0.500. The van der Waals surface area contributed by atoms with Crippen molar-refractivity contribution in [2.45, 2.75) is 33.6 Å². The Labute approximate surface area is 94.6 Å². The van der Waals surface area contributed by atoms with Crippen molar-refractivity contribution < 1.29 is 4.57 Å². The zero-order valence-electron chi connectivity index (χ0n) is 9.96. The van der Waals surface area contributed by atoms with Gasteiger partial charge < -0.3 is 0 Å². The molecule has 0 bridgehead atoms. The number of hydrogen-bond acceptors (Lipinski definition) is 2. The van der Waals surface area contributed by atoms with E-state index < -0.39 is 0 Å². The third-order valence-corrected chi connectivity index (χ3v) is 3.96. The SMILES string of the molecule is Cc1c(C)c2ncsc2[n+](C)c1C(C)C. The van der Waals surface area contributed by atoms with Gasteiger partial charge in [-0.05, 0) is 19.4 Å². The van der Waals surface area contributed by atoms with Gasteiger partial charge in [-0.3, -0.25) is 0 Å². The molecule has 0 aliphatic heterocycles. The molecule has 2 rings (SSSR count). The molecule has 0 fully saturated rings. The van der Waals surface area contributed by atoms with E-state index in [-0.39, 0.29) is 0 Å². The quantitative estimate of drug-likeness (QED) is 0.677. The first kappa shape index (κ1) is 10.6. The van der Waals surface area contributed by atoms with Gasteiger partial charge in [0.15, 0.2) is 11.2 Å². The van der Waals surface area contributed by atoms with Gasteiger partial charge in [-0.2, -0.15) is 4.57 Å². The number of pyridine rings is 1. The number of thiazole rings is 1. The Morgan fingerprint density at radius 3 is 2.53 bits per heavy atom. The Kier molecular flexibility index (Phi) is 2.51. The van der Waals surface area contributed by atoms with E-state index in [1.54, 1.807) is 11.3 Å². The highest BCUT2D eigenvalue weighted by Gasteiger charge is 2.23. The minimum atomic E-state index is 0.556. The topological polar surface area (TPSA) is 16.8 Å². The van der Waals surface area contributed by atoms with Crippen molar-refractivity contribution in [2.75, 3.05) is 0 Å². The van der Waals surface area contributed by atoms with Crippen molar-refractivity contribution in [3.05, 3.63) is 22.3 Å². The molecule has 0 radical (unpaired) electrons. The Morgan fingerprint density at radius 2 is 1.93 bits per heavy atom. The predicted molar refractivity (Wildman–Crippen MR) is 64.4 cm³/mol. The lowest BCUT2D eigenvalue weighted by molar-refractivity contribution is -0.652. The molecule has 2 nitrogen and oxygen atoms in total. The van der Waals surface area contributed by atoms with E-state index in [4.69, 9.17) is 0 Å². The van der Waals surface area contributed by atoms with Crippen LogP contribution in [0.3, 0.4) is 0 Å².